The van der Waals surface area contributed by atoms with Crippen LogP contribution in [0.1, 0.15) is 34.7 Å². The number of thiazole rings is 1. The molecule has 6 rings (SSSR count). The Morgan fingerprint density at radius 2 is 1.92 bits per heavy atom. The molecule has 0 amide bonds. The van der Waals surface area contributed by atoms with Crippen molar-refractivity contribution < 1.29 is 14.6 Å². The number of hydrogen-bond donors (Lipinski definition) is 1. The second-order valence-electron chi connectivity index (χ2n) is 8.94. The lowest BCUT2D eigenvalue weighted by Crippen LogP contribution is -2.38. The number of hydrogen-bond acceptors (Lipinski definition) is 6. The van der Waals surface area contributed by atoms with E-state index in [1.807, 2.05) is 30.3 Å². The zero-order chi connectivity index (χ0) is 25.7. The van der Waals surface area contributed by atoms with Crippen LogP contribution in [0.5, 0.6) is 17.2 Å². The molecule has 3 aromatic carbocycles. The topological polar surface area (TPSA) is 73.1 Å². The van der Waals surface area contributed by atoms with Gasteiger partial charge in [-0.3, -0.25) is 9.36 Å². The fourth-order valence-electron chi connectivity index (χ4n) is 5.14. The molecule has 0 radical (unpaired) electrons. The molecule has 6 nitrogen and oxygen atoms in total. The lowest BCUT2D eigenvalue weighted by atomic mass is 9.83. The second-order valence-corrected chi connectivity index (χ2v) is 10.9. The molecule has 0 bridgehead atoms. The predicted octanol–water partition coefficient (Wildman–Crippen LogP) is 4.80. The van der Waals surface area contributed by atoms with E-state index in [1.54, 1.807) is 29.9 Å². The third-order valence-corrected chi connectivity index (χ3v) is 8.30. The molecular formula is C29H23BrN2O4S. The molecule has 1 aliphatic carbocycles. The number of methoxy groups -OCH3 is 2. The van der Waals surface area contributed by atoms with Crippen molar-refractivity contribution in [1.29, 1.82) is 0 Å². The first-order chi connectivity index (χ1) is 18.0. The van der Waals surface area contributed by atoms with Crippen LogP contribution in [-0.4, -0.2) is 23.9 Å². The highest BCUT2D eigenvalue weighted by atomic mass is 79.9. The van der Waals surface area contributed by atoms with Gasteiger partial charge in [-0.1, -0.05) is 63.7 Å². The maximum Gasteiger partial charge on any atom is 0.271 e. The number of aromatic hydroxyl groups is 1. The van der Waals surface area contributed by atoms with Crippen molar-refractivity contribution in [2.24, 2.45) is 4.99 Å². The normalized spacial score (nSPS) is 16.5. The number of phenols is 1. The highest BCUT2D eigenvalue weighted by Gasteiger charge is 2.32. The van der Waals surface area contributed by atoms with Gasteiger partial charge in [0.05, 0.1) is 30.5 Å². The van der Waals surface area contributed by atoms with Gasteiger partial charge in [-0.15, -0.1) is 0 Å². The van der Waals surface area contributed by atoms with Crippen LogP contribution in [0.2, 0.25) is 0 Å². The number of halogens is 1. The van der Waals surface area contributed by atoms with Crippen LogP contribution in [0.3, 0.4) is 0 Å². The average molecular weight is 575 g/mol. The number of allylic oxidation sites excluding steroid dienone is 1. The largest absolute Gasteiger partial charge is 0.504 e. The average Bonchev–Trinajstić information content (AvgIpc) is 3.23. The van der Waals surface area contributed by atoms with E-state index in [0.717, 1.165) is 45.5 Å². The molecule has 186 valence electrons. The molecular weight excluding hydrogens is 552 g/mol. The number of benzene rings is 3. The van der Waals surface area contributed by atoms with Crippen LogP contribution in [0, 0.1) is 0 Å². The predicted molar refractivity (Wildman–Crippen MR) is 148 cm³/mol. The van der Waals surface area contributed by atoms with Crippen molar-refractivity contribution in [2.45, 2.75) is 18.9 Å². The minimum Gasteiger partial charge on any atom is -0.504 e. The maximum atomic E-state index is 13.9. The number of ether oxygens (including phenoxy) is 2. The number of aromatic nitrogens is 1. The van der Waals surface area contributed by atoms with Gasteiger partial charge in [0.25, 0.3) is 5.56 Å². The van der Waals surface area contributed by atoms with Crippen molar-refractivity contribution in [1.82, 2.24) is 4.57 Å². The molecule has 1 atom stereocenters. The number of rotatable bonds is 4. The van der Waals surface area contributed by atoms with Crippen molar-refractivity contribution in [3.63, 3.8) is 0 Å². The summed E-state index contributed by atoms with van der Waals surface area (Å²) in [5.41, 5.74) is 5.75. The second kappa shape index (κ2) is 9.36. The van der Waals surface area contributed by atoms with Crippen LogP contribution in [0.15, 0.2) is 80.5 Å². The van der Waals surface area contributed by atoms with Crippen LogP contribution in [0.25, 0.3) is 11.8 Å². The Morgan fingerprint density at radius 1 is 1.08 bits per heavy atom. The summed E-state index contributed by atoms with van der Waals surface area (Å²) in [6, 6.07) is 19.4. The molecule has 8 heteroatoms. The summed E-state index contributed by atoms with van der Waals surface area (Å²) in [4.78, 5) is 19.6. The molecule has 0 unspecified atom stereocenters. The van der Waals surface area contributed by atoms with Crippen molar-refractivity contribution >= 4 is 39.0 Å². The Balaban J connectivity index is 1.63. The van der Waals surface area contributed by atoms with Crippen LogP contribution in [-0.2, 0) is 6.42 Å². The molecule has 2 aliphatic rings. The van der Waals surface area contributed by atoms with Gasteiger partial charge in [0, 0.05) is 15.6 Å². The number of fused-ring (bicyclic) bond motifs is 3. The van der Waals surface area contributed by atoms with Crippen LogP contribution < -0.4 is 24.4 Å². The third kappa shape index (κ3) is 4.01. The first kappa shape index (κ1) is 23.8. The van der Waals surface area contributed by atoms with Gasteiger partial charge in [0.2, 0.25) is 0 Å². The first-order valence-electron chi connectivity index (χ1n) is 11.8. The zero-order valence-corrected chi connectivity index (χ0v) is 22.6. The van der Waals surface area contributed by atoms with Crippen molar-refractivity contribution in [3.05, 3.63) is 113 Å². The third-order valence-electron chi connectivity index (χ3n) is 6.86. The summed E-state index contributed by atoms with van der Waals surface area (Å²) in [5.74, 6) is 1.05. The summed E-state index contributed by atoms with van der Waals surface area (Å²) in [6.07, 6.45) is 3.40. The van der Waals surface area contributed by atoms with Gasteiger partial charge in [-0.05, 0) is 59.9 Å². The van der Waals surface area contributed by atoms with Gasteiger partial charge in [0.15, 0.2) is 16.3 Å². The Hall–Kier alpha value is -3.62. The van der Waals surface area contributed by atoms with Gasteiger partial charge >= 0.3 is 0 Å². The SMILES string of the molecule is COc1cccc([C@@H]2C3=C(N=c4s/c(=C/c5cc(Br)cc(OC)c5O)c(=O)n42)c2ccccc2CC3)c1. The molecule has 1 aliphatic heterocycles. The van der Waals surface area contributed by atoms with Crippen LogP contribution >= 0.6 is 27.3 Å². The summed E-state index contributed by atoms with van der Waals surface area (Å²) in [5, 5.41) is 10.7. The fraction of sp³-hybridized carbons (Fsp3) is 0.172. The molecule has 37 heavy (non-hydrogen) atoms. The van der Waals surface area contributed by atoms with E-state index >= 15 is 0 Å². The molecule has 0 fully saturated rings. The quantitative estimate of drug-likeness (QED) is 0.380. The minimum atomic E-state index is -0.303. The van der Waals surface area contributed by atoms with Gasteiger partial charge < -0.3 is 14.6 Å². The molecule has 1 aromatic heterocycles. The van der Waals surface area contributed by atoms with E-state index in [9.17, 15) is 9.90 Å². The Labute approximate surface area is 225 Å². The Morgan fingerprint density at radius 3 is 2.73 bits per heavy atom. The number of aryl methyl sites for hydroxylation is 1. The molecule has 1 N–H and O–H groups in total. The zero-order valence-electron chi connectivity index (χ0n) is 20.2. The van der Waals surface area contributed by atoms with Gasteiger partial charge in [0.1, 0.15) is 5.75 Å². The number of nitrogens with zero attached hydrogens (tertiary/aromatic N) is 2. The van der Waals surface area contributed by atoms with E-state index in [0.29, 0.717) is 20.6 Å². The van der Waals surface area contributed by atoms with Gasteiger partial charge in [-0.2, -0.15) is 0 Å². The Bertz CT molecular complexity index is 1770. The van der Waals surface area contributed by atoms with Crippen molar-refractivity contribution in [3.8, 4) is 17.2 Å². The fourth-order valence-corrected chi connectivity index (χ4v) is 6.58. The number of phenolic OH excluding ortho intramolecular Hbond substituents is 1. The highest BCUT2D eigenvalue weighted by Crippen LogP contribution is 2.41. The molecule has 0 saturated carbocycles. The van der Waals surface area contributed by atoms with E-state index in [4.69, 9.17) is 14.5 Å². The van der Waals surface area contributed by atoms with Crippen LogP contribution in [0.4, 0.5) is 0 Å². The van der Waals surface area contributed by atoms with E-state index in [1.165, 1.54) is 24.0 Å². The molecule has 0 spiro atoms. The minimum absolute atomic E-state index is 0.0193. The maximum absolute atomic E-state index is 13.9. The first-order valence-corrected chi connectivity index (χ1v) is 13.4. The smallest absolute Gasteiger partial charge is 0.271 e. The summed E-state index contributed by atoms with van der Waals surface area (Å²) >= 11 is 4.78. The van der Waals surface area contributed by atoms with Crippen molar-refractivity contribution in [2.75, 3.05) is 14.2 Å². The van der Waals surface area contributed by atoms with E-state index in [2.05, 4.69) is 34.1 Å². The molecule has 4 aromatic rings. The van der Waals surface area contributed by atoms with E-state index < -0.39 is 0 Å². The summed E-state index contributed by atoms with van der Waals surface area (Å²) in [6.45, 7) is 0. The van der Waals surface area contributed by atoms with Gasteiger partial charge in [-0.25, -0.2) is 4.99 Å². The summed E-state index contributed by atoms with van der Waals surface area (Å²) in [7, 11) is 3.14. The molecule has 0 saturated heterocycles. The molecule has 2 heterocycles. The lowest BCUT2D eigenvalue weighted by molar-refractivity contribution is 0.372. The lowest BCUT2D eigenvalue weighted by Gasteiger charge is -2.31. The highest BCUT2D eigenvalue weighted by molar-refractivity contribution is 9.10. The monoisotopic (exact) mass is 574 g/mol. The summed E-state index contributed by atoms with van der Waals surface area (Å²) < 4.78 is 13.8. The Kier molecular flexibility index (Phi) is 6.01. The standard InChI is InChI=1S/C29H23BrN2O4S/c1-35-20-8-5-7-17(13-20)26-22-11-10-16-6-3-4-9-21(16)25(22)31-29-32(26)28(34)24(37-29)14-18-12-19(30)15-23(36-2)27(18)33/h3-9,12-15,26,33H,10-11H2,1-2H3/b24-14+/t26-/m1/s1. The van der Waals surface area contributed by atoms with E-state index in [-0.39, 0.29) is 17.4 Å².